The van der Waals surface area contributed by atoms with Crippen molar-refractivity contribution < 1.29 is 4.74 Å². The Morgan fingerprint density at radius 1 is 1.58 bits per heavy atom. The van der Waals surface area contributed by atoms with E-state index < -0.39 is 0 Å². The fourth-order valence-corrected chi connectivity index (χ4v) is 1.54. The lowest BCUT2D eigenvalue weighted by molar-refractivity contribution is -0.0761. The van der Waals surface area contributed by atoms with Crippen LogP contribution in [0.1, 0.15) is 34.1 Å². The number of rotatable bonds is 4. The predicted molar refractivity (Wildman–Crippen MR) is 50.2 cm³/mol. The average Bonchev–Trinajstić information content (AvgIpc) is 2.02. The molecule has 1 aliphatic heterocycles. The Hall–Kier alpha value is -0.550. The number of hydrogen-bond acceptors (Lipinski definition) is 1. The molecule has 0 amide bonds. The molecule has 0 saturated carbocycles. The Morgan fingerprint density at radius 2 is 2.25 bits per heavy atom. The van der Waals surface area contributed by atoms with Crippen LogP contribution in [0.25, 0.3) is 4.85 Å². The van der Waals surface area contributed by atoms with E-state index in [4.69, 9.17) is 4.74 Å². The van der Waals surface area contributed by atoms with E-state index in [1.165, 1.54) is 0 Å². The second kappa shape index (κ2) is 3.45. The highest BCUT2D eigenvalue weighted by molar-refractivity contribution is 5.21. The van der Waals surface area contributed by atoms with Gasteiger partial charge in [0.05, 0.1) is 12.5 Å². The standard InChI is InChI=1S/C10H18NO/c1-5-6-12-10(8(2)3)9(4)7-11-10/h8-9H,5-6H2,1-4H3/q+1/t9-,10?/m1/s1. The monoisotopic (exact) mass is 168 g/mol. The minimum atomic E-state index is -0.254. The molecular weight excluding hydrogens is 150 g/mol. The van der Waals surface area contributed by atoms with Gasteiger partial charge in [0.2, 0.25) is 0 Å². The smallest absolute Gasteiger partial charge is 0.304 e. The van der Waals surface area contributed by atoms with Crippen LogP contribution >= 0.6 is 0 Å². The SMILES string of the molecule is CCCOC1(C(C)C)[N+]#C[C@H]1C. The second-order valence-corrected chi connectivity index (χ2v) is 3.72. The van der Waals surface area contributed by atoms with E-state index in [2.05, 4.69) is 38.6 Å². The summed E-state index contributed by atoms with van der Waals surface area (Å²) in [5.74, 6) is 0.796. The maximum Gasteiger partial charge on any atom is 0.407 e. The van der Waals surface area contributed by atoms with Gasteiger partial charge in [-0.2, -0.15) is 0 Å². The van der Waals surface area contributed by atoms with Gasteiger partial charge in [-0.1, -0.05) is 20.8 Å². The van der Waals surface area contributed by atoms with Crippen LogP contribution in [0, 0.1) is 17.9 Å². The second-order valence-electron chi connectivity index (χ2n) is 3.72. The zero-order chi connectivity index (χ0) is 9.19. The van der Waals surface area contributed by atoms with E-state index in [1.54, 1.807) is 0 Å². The summed E-state index contributed by atoms with van der Waals surface area (Å²) < 4.78 is 5.76. The molecule has 12 heavy (non-hydrogen) atoms. The fourth-order valence-electron chi connectivity index (χ4n) is 1.54. The highest BCUT2D eigenvalue weighted by atomic mass is 16.5. The van der Waals surface area contributed by atoms with Crippen LogP contribution in [0.3, 0.4) is 0 Å². The molecule has 2 nitrogen and oxygen atoms in total. The van der Waals surface area contributed by atoms with Crippen molar-refractivity contribution in [3.05, 3.63) is 4.85 Å². The molecule has 0 saturated heterocycles. The summed E-state index contributed by atoms with van der Waals surface area (Å²) >= 11 is 0. The molecule has 2 atom stereocenters. The van der Waals surface area contributed by atoms with Gasteiger partial charge in [-0.15, -0.1) is 0 Å². The normalized spacial score (nSPS) is 32.6. The van der Waals surface area contributed by atoms with Gasteiger partial charge in [0.1, 0.15) is 0 Å². The fraction of sp³-hybridized carbons (Fsp3) is 0.900. The maximum atomic E-state index is 5.76. The third-order valence-corrected chi connectivity index (χ3v) is 2.42. The Balaban J connectivity index is 2.59. The van der Waals surface area contributed by atoms with Crippen LogP contribution in [-0.2, 0) is 4.74 Å². The van der Waals surface area contributed by atoms with Crippen molar-refractivity contribution in [1.29, 1.82) is 0 Å². The van der Waals surface area contributed by atoms with E-state index in [-0.39, 0.29) is 5.72 Å². The average molecular weight is 168 g/mol. The van der Waals surface area contributed by atoms with Crippen molar-refractivity contribution in [2.75, 3.05) is 6.61 Å². The quantitative estimate of drug-likeness (QED) is 0.629. The largest absolute Gasteiger partial charge is 0.407 e. The molecular formula is C10H18NO+. The zero-order valence-electron chi connectivity index (χ0n) is 8.42. The minimum absolute atomic E-state index is 0.254. The minimum Gasteiger partial charge on any atom is -0.304 e. The van der Waals surface area contributed by atoms with E-state index in [9.17, 15) is 0 Å². The number of hydrogen-bond donors (Lipinski definition) is 0. The summed E-state index contributed by atoms with van der Waals surface area (Å²) in [6, 6.07) is 2.99. The van der Waals surface area contributed by atoms with Gasteiger partial charge in [-0.3, -0.25) is 0 Å². The van der Waals surface area contributed by atoms with Gasteiger partial charge in [0.25, 0.3) is 6.07 Å². The van der Waals surface area contributed by atoms with Gasteiger partial charge < -0.3 is 4.74 Å². The molecule has 0 aromatic carbocycles. The maximum absolute atomic E-state index is 5.76. The molecule has 1 rings (SSSR count). The van der Waals surface area contributed by atoms with Crippen LogP contribution < -0.4 is 0 Å². The predicted octanol–water partition coefficient (Wildman–Crippen LogP) is 2.75. The Kier molecular flexibility index (Phi) is 2.74. The van der Waals surface area contributed by atoms with Crippen molar-refractivity contribution in [3.8, 4) is 6.07 Å². The van der Waals surface area contributed by atoms with Crippen LogP contribution in [0.15, 0.2) is 0 Å². The van der Waals surface area contributed by atoms with Crippen molar-refractivity contribution >= 4 is 0 Å². The summed E-state index contributed by atoms with van der Waals surface area (Å²) in [6.45, 7) is 9.33. The summed E-state index contributed by atoms with van der Waals surface area (Å²) in [6.07, 6.45) is 1.05. The molecule has 0 spiro atoms. The summed E-state index contributed by atoms with van der Waals surface area (Å²) in [7, 11) is 0. The van der Waals surface area contributed by atoms with E-state index in [0.717, 1.165) is 13.0 Å². The first kappa shape index (κ1) is 9.54. The molecule has 0 radical (unpaired) electrons. The molecule has 1 unspecified atom stereocenters. The van der Waals surface area contributed by atoms with Gasteiger partial charge >= 0.3 is 5.72 Å². The molecule has 0 aromatic rings. The molecule has 2 heteroatoms. The third kappa shape index (κ3) is 1.34. The highest BCUT2D eigenvalue weighted by Gasteiger charge is 2.59. The van der Waals surface area contributed by atoms with Gasteiger partial charge in [0.15, 0.2) is 5.92 Å². The van der Waals surface area contributed by atoms with Crippen molar-refractivity contribution in [2.24, 2.45) is 11.8 Å². The molecule has 0 N–H and O–H groups in total. The van der Waals surface area contributed by atoms with Crippen LogP contribution in [0.2, 0.25) is 0 Å². The molecule has 0 fully saturated rings. The summed E-state index contributed by atoms with van der Waals surface area (Å²) in [5, 5.41) is 0. The van der Waals surface area contributed by atoms with Crippen molar-refractivity contribution in [1.82, 2.24) is 0 Å². The topological polar surface area (TPSA) is 13.6 Å². The lowest BCUT2D eigenvalue weighted by Crippen LogP contribution is -2.45. The van der Waals surface area contributed by atoms with Gasteiger partial charge in [0, 0.05) is 0 Å². The number of ether oxygens (including phenoxy) is 1. The van der Waals surface area contributed by atoms with Crippen LogP contribution in [-0.4, -0.2) is 12.3 Å². The first-order valence-corrected chi connectivity index (χ1v) is 4.75. The van der Waals surface area contributed by atoms with Gasteiger partial charge in [-0.25, -0.2) is 0 Å². The third-order valence-electron chi connectivity index (χ3n) is 2.42. The molecule has 0 aliphatic carbocycles. The van der Waals surface area contributed by atoms with Crippen molar-refractivity contribution in [3.63, 3.8) is 0 Å². The van der Waals surface area contributed by atoms with Crippen molar-refractivity contribution in [2.45, 2.75) is 39.8 Å². The van der Waals surface area contributed by atoms with Crippen LogP contribution in [0.5, 0.6) is 0 Å². The summed E-state index contributed by atoms with van der Waals surface area (Å²) in [5.41, 5.74) is -0.254. The summed E-state index contributed by atoms with van der Waals surface area (Å²) in [4.78, 5) is 4.25. The Bertz CT molecular complexity index is 214. The van der Waals surface area contributed by atoms with Gasteiger partial charge in [-0.05, 0) is 18.2 Å². The zero-order valence-corrected chi connectivity index (χ0v) is 8.42. The first-order chi connectivity index (χ1) is 5.63. The first-order valence-electron chi connectivity index (χ1n) is 4.75. The van der Waals surface area contributed by atoms with E-state index in [0.29, 0.717) is 11.8 Å². The highest BCUT2D eigenvalue weighted by Crippen LogP contribution is 2.38. The molecule has 68 valence electrons. The van der Waals surface area contributed by atoms with E-state index in [1.807, 2.05) is 0 Å². The Labute approximate surface area is 74.7 Å². The van der Waals surface area contributed by atoms with E-state index >= 15 is 0 Å². The lowest BCUT2D eigenvalue weighted by atomic mass is 9.85. The number of nitrogens with zero attached hydrogens (tertiary/aromatic N) is 1. The van der Waals surface area contributed by atoms with Crippen LogP contribution in [0.4, 0.5) is 0 Å². The molecule has 1 aliphatic rings. The molecule has 1 heterocycles. The lowest BCUT2D eigenvalue weighted by Gasteiger charge is -2.26. The molecule has 0 bridgehead atoms. The Morgan fingerprint density at radius 3 is 2.50 bits per heavy atom. The molecule has 0 aromatic heterocycles.